The summed E-state index contributed by atoms with van der Waals surface area (Å²) in [6, 6.07) is 0. The number of piperidine rings is 1. The van der Waals surface area contributed by atoms with E-state index in [1.54, 1.807) is 0 Å². The number of nitrogens with one attached hydrogen (secondary N) is 1. The average Bonchev–Trinajstić information content (AvgIpc) is 2.16. The monoisotopic (exact) mass is 252 g/mol. The molecule has 0 spiro atoms. The third kappa shape index (κ3) is 4.84. The molecule has 0 bridgehead atoms. The van der Waals surface area contributed by atoms with Gasteiger partial charge in [-0.25, -0.2) is 0 Å². The summed E-state index contributed by atoms with van der Waals surface area (Å²) >= 11 is 0. The van der Waals surface area contributed by atoms with Gasteiger partial charge in [-0.2, -0.15) is 13.2 Å². The van der Waals surface area contributed by atoms with Gasteiger partial charge in [-0.3, -0.25) is 0 Å². The van der Waals surface area contributed by atoms with Gasteiger partial charge in [0.1, 0.15) is 0 Å². The molecule has 0 atom stereocenters. The minimum atomic E-state index is -4.01. The fraction of sp³-hybridized carbons (Fsp3) is 1.00. The normalized spacial score (nSPS) is 20.8. The molecule has 1 aliphatic heterocycles. The smallest absolute Gasteiger partial charge is 0.311 e. The molecule has 0 aromatic rings. The highest BCUT2D eigenvalue weighted by molar-refractivity contribution is 4.85. The summed E-state index contributed by atoms with van der Waals surface area (Å²) in [6.07, 6.45) is -3.53. The highest BCUT2D eigenvalue weighted by atomic mass is 19.4. The maximum absolute atomic E-state index is 12.5. The molecule has 1 heterocycles. The van der Waals surface area contributed by atoms with E-state index in [9.17, 15) is 13.2 Å². The van der Waals surface area contributed by atoms with Crippen LogP contribution in [0, 0.1) is 5.92 Å². The predicted octanol–water partition coefficient (Wildman–Crippen LogP) is 2.65. The van der Waals surface area contributed by atoms with E-state index in [1.165, 1.54) is 0 Å². The molecular formula is C12H23F3N2. The van der Waals surface area contributed by atoms with Crippen LogP contribution in [0.3, 0.4) is 0 Å². The number of likely N-dealkylation sites (N-methyl/N-ethyl adjacent to an activating group) is 1. The van der Waals surface area contributed by atoms with E-state index in [0.29, 0.717) is 13.1 Å². The van der Waals surface area contributed by atoms with Crippen molar-refractivity contribution in [1.29, 1.82) is 0 Å². The Morgan fingerprint density at radius 2 is 1.71 bits per heavy atom. The molecular weight excluding hydrogens is 229 g/mol. The predicted molar refractivity (Wildman–Crippen MR) is 63.0 cm³/mol. The summed E-state index contributed by atoms with van der Waals surface area (Å²) in [5.74, 6) is -1.10. The number of hydrogen-bond donors (Lipinski definition) is 1. The summed E-state index contributed by atoms with van der Waals surface area (Å²) in [7, 11) is 0. The SMILES string of the molecule is CCNC(C)(C)CN1CCC(C(F)(F)F)CC1. The summed E-state index contributed by atoms with van der Waals surface area (Å²) in [5.41, 5.74) is -0.0280. The molecule has 1 aliphatic rings. The molecule has 5 heteroatoms. The van der Waals surface area contributed by atoms with Crippen LogP contribution in [0.25, 0.3) is 0 Å². The average molecular weight is 252 g/mol. The van der Waals surface area contributed by atoms with E-state index in [0.717, 1.165) is 13.1 Å². The number of alkyl halides is 3. The van der Waals surface area contributed by atoms with Crippen LogP contribution in [0.5, 0.6) is 0 Å². The van der Waals surface area contributed by atoms with Gasteiger partial charge in [-0.05, 0) is 46.3 Å². The Morgan fingerprint density at radius 1 is 1.18 bits per heavy atom. The molecule has 0 aromatic heterocycles. The minimum Gasteiger partial charge on any atom is -0.311 e. The third-order valence-electron chi connectivity index (χ3n) is 3.32. The van der Waals surface area contributed by atoms with Crippen LogP contribution >= 0.6 is 0 Å². The zero-order chi connectivity index (χ0) is 13.1. The van der Waals surface area contributed by atoms with Crippen molar-refractivity contribution in [2.75, 3.05) is 26.2 Å². The minimum absolute atomic E-state index is 0.0280. The van der Waals surface area contributed by atoms with Gasteiger partial charge in [0.25, 0.3) is 0 Å². The molecule has 1 fully saturated rings. The fourth-order valence-electron chi connectivity index (χ4n) is 2.51. The highest BCUT2D eigenvalue weighted by Crippen LogP contribution is 2.34. The molecule has 0 radical (unpaired) electrons. The van der Waals surface area contributed by atoms with Crippen LogP contribution in [0.4, 0.5) is 13.2 Å². The van der Waals surface area contributed by atoms with Crippen LogP contribution in [0.15, 0.2) is 0 Å². The molecule has 1 N–H and O–H groups in total. The van der Waals surface area contributed by atoms with Crippen LogP contribution in [0.2, 0.25) is 0 Å². The Hall–Kier alpha value is -0.290. The maximum Gasteiger partial charge on any atom is 0.391 e. The summed E-state index contributed by atoms with van der Waals surface area (Å²) in [6.45, 7) is 9.02. The Morgan fingerprint density at radius 3 is 2.12 bits per heavy atom. The Kier molecular flexibility index (Phi) is 4.84. The number of hydrogen-bond acceptors (Lipinski definition) is 2. The summed E-state index contributed by atoms with van der Waals surface area (Å²) in [4.78, 5) is 2.13. The van der Waals surface area contributed by atoms with Crippen molar-refractivity contribution >= 4 is 0 Å². The zero-order valence-electron chi connectivity index (χ0n) is 10.9. The number of likely N-dealkylation sites (tertiary alicyclic amines) is 1. The van der Waals surface area contributed by atoms with Crippen molar-refractivity contribution in [3.8, 4) is 0 Å². The molecule has 17 heavy (non-hydrogen) atoms. The first-order valence-corrected chi connectivity index (χ1v) is 6.29. The molecule has 0 aliphatic carbocycles. The molecule has 102 valence electrons. The second kappa shape index (κ2) is 5.57. The second-order valence-corrected chi connectivity index (χ2v) is 5.51. The van der Waals surface area contributed by atoms with Crippen molar-refractivity contribution < 1.29 is 13.2 Å². The van der Waals surface area contributed by atoms with Gasteiger partial charge < -0.3 is 10.2 Å². The van der Waals surface area contributed by atoms with Crippen molar-refractivity contribution in [3.63, 3.8) is 0 Å². The van der Waals surface area contributed by atoms with Crippen molar-refractivity contribution in [3.05, 3.63) is 0 Å². The Bertz CT molecular complexity index is 230. The first-order valence-electron chi connectivity index (χ1n) is 6.29. The van der Waals surface area contributed by atoms with Crippen LogP contribution in [-0.2, 0) is 0 Å². The zero-order valence-corrected chi connectivity index (χ0v) is 10.9. The topological polar surface area (TPSA) is 15.3 Å². The van der Waals surface area contributed by atoms with Gasteiger partial charge >= 0.3 is 6.18 Å². The van der Waals surface area contributed by atoms with Crippen molar-refractivity contribution in [2.45, 2.75) is 45.3 Å². The van der Waals surface area contributed by atoms with E-state index in [1.807, 2.05) is 6.92 Å². The first kappa shape index (κ1) is 14.8. The number of rotatable bonds is 4. The van der Waals surface area contributed by atoms with Gasteiger partial charge in [0.05, 0.1) is 5.92 Å². The molecule has 0 saturated carbocycles. The highest BCUT2D eigenvalue weighted by Gasteiger charge is 2.41. The van der Waals surface area contributed by atoms with E-state index in [-0.39, 0.29) is 18.4 Å². The van der Waals surface area contributed by atoms with Crippen LogP contribution in [-0.4, -0.2) is 42.8 Å². The van der Waals surface area contributed by atoms with E-state index >= 15 is 0 Å². The summed E-state index contributed by atoms with van der Waals surface area (Å²) in [5, 5.41) is 3.35. The summed E-state index contributed by atoms with van der Waals surface area (Å²) < 4.78 is 37.5. The van der Waals surface area contributed by atoms with Gasteiger partial charge in [0.15, 0.2) is 0 Å². The largest absolute Gasteiger partial charge is 0.391 e. The molecule has 1 saturated heterocycles. The lowest BCUT2D eigenvalue weighted by molar-refractivity contribution is -0.185. The van der Waals surface area contributed by atoms with Gasteiger partial charge in [-0.1, -0.05) is 6.92 Å². The molecule has 2 nitrogen and oxygen atoms in total. The van der Waals surface area contributed by atoms with E-state index in [2.05, 4.69) is 24.1 Å². The lowest BCUT2D eigenvalue weighted by Gasteiger charge is -2.38. The van der Waals surface area contributed by atoms with E-state index in [4.69, 9.17) is 0 Å². The molecule has 1 rings (SSSR count). The first-order chi connectivity index (χ1) is 7.74. The van der Waals surface area contributed by atoms with E-state index < -0.39 is 12.1 Å². The number of halogens is 3. The van der Waals surface area contributed by atoms with Gasteiger partial charge in [-0.15, -0.1) is 0 Å². The molecule has 0 aromatic carbocycles. The third-order valence-corrected chi connectivity index (χ3v) is 3.32. The van der Waals surface area contributed by atoms with Crippen LogP contribution < -0.4 is 5.32 Å². The van der Waals surface area contributed by atoms with Crippen molar-refractivity contribution in [2.24, 2.45) is 5.92 Å². The Labute approximate surface area is 102 Å². The van der Waals surface area contributed by atoms with Gasteiger partial charge in [0, 0.05) is 12.1 Å². The van der Waals surface area contributed by atoms with Crippen LogP contribution in [0.1, 0.15) is 33.6 Å². The number of nitrogens with zero attached hydrogens (tertiary/aromatic N) is 1. The standard InChI is InChI=1S/C12H23F3N2/c1-4-16-11(2,3)9-17-7-5-10(6-8-17)12(13,14)15/h10,16H,4-9H2,1-3H3. The fourth-order valence-corrected chi connectivity index (χ4v) is 2.51. The second-order valence-electron chi connectivity index (χ2n) is 5.51. The lowest BCUT2D eigenvalue weighted by Crippen LogP contribution is -2.51. The molecule has 0 amide bonds. The van der Waals surface area contributed by atoms with Gasteiger partial charge in [0.2, 0.25) is 0 Å². The Balaban J connectivity index is 2.37. The van der Waals surface area contributed by atoms with Crippen molar-refractivity contribution in [1.82, 2.24) is 10.2 Å². The molecule has 0 unspecified atom stereocenters. The maximum atomic E-state index is 12.5. The lowest BCUT2D eigenvalue weighted by atomic mass is 9.94. The quantitative estimate of drug-likeness (QED) is 0.827.